The van der Waals surface area contributed by atoms with Crippen molar-refractivity contribution in [2.75, 3.05) is 13.2 Å². The number of benzene rings is 1. The normalized spacial score (nSPS) is 20.3. The molecule has 4 nitrogen and oxygen atoms in total. The minimum atomic E-state index is -4.46. The first kappa shape index (κ1) is 20.6. The fourth-order valence-corrected chi connectivity index (χ4v) is 2.81. The van der Waals surface area contributed by atoms with E-state index < -0.39 is 11.7 Å². The molecule has 0 radical (unpaired) electrons. The van der Waals surface area contributed by atoms with Gasteiger partial charge in [0.05, 0.1) is 12.1 Å². The van der Waals surface area contributed by atoms with Crippen LogP contribution >= 0.6 is 12.4 Å². The summed E-state index contributed by atoms with van der Waals surface area (Å²) in [4.78, 5) is 11.8. The summed E-state index contributed by atoms with van der Waals surface area (Å²) in [5.41, 5.74) is 5.09. The van der Waals surface area contributed by atoms with Gasteiger partial charge < -0.3 is 15.8 Å². The van der Waals surface area contributed by atoms with Crippen molar-refractivity contribution >= 4 is 18.3 Å². The maximum atomic E-state index is 12.8. The Morgan fingerprint density at radius 2 is 2.00 bits per heavy atom. The van der Waals surface area contributed by atoms with Crippen molar-refractivity contribution in [3.63, 3.8) is 0 Å². The number of ether oxygens (including phenoxy) is 1. The molecule has 1 aliphatic rings. The Kier molecular flexibility index (Phi) is 7.83. The second-order valence-electron chi connectivity index (χ2n) is 5.75. The smallest absolute Gasteiger partial charge is 0.419 e. The van der Waals surface area contributed by atoms with Crippen molar-refractivity contribution in [1.82, 2.24) is 5.32 Å². The van der Waals surface area contributed by atoms with Gasteiger partial charge in [-0.15, -0.1) is 12.4 Å². The lowest BCUT2D eigenvalue weighted by Crippen LogP contribution is -2.33. The third-order valence-electron chi connectivity index (χ3n) is 4.04. The van der Waals surface area contributed by atoms with Crippen LogP contribution in [0.4, 0.5) is 13.2 Å². The lowest BCUT2D eigenvalue weighted by Gasteiger charge is -2.16. The van der Waals surface area contributed by atoms with E-state index in [9.17, 15) is 18.0 Å². The molecule has 2 rings (SSSR count). The molecule has 0 heterocycles. The van der Waals surface area contributed by atoms with Gasteiger partial charge in [-0.2, -0.15) is 13.2 Å². The highest BCUT2D eigenvalue weighted by Crippen LogP contribution is 2.35. The molecular weight excluding hydrogens is 345 g/mol. The first-order chi connectivity index (χ1) is 10.9. The molecule has 1 aromatic carbocycles. The molecule has 0 saturated heterocycles. The molecule has 0 aromatic heterocycles. The molecule has 0 aliphatic heterocycles. The molecule has 8 heteroatoms. The monoisotopic (exact) mass is 366 g/mol. The zero-order valence-electron chi connectivity index (χ0n) is 13.1. The van der Waals surface area contributed by atoms with Crippen LogP contribution < -0.4 is 15.8 Å². The summed E-state index contributed by atoms with van der Waals surface area (Å²) in [7, 11) is 0. The molecule has 24 heavy (non-hydrogen) atoms. The van der Waals surface area contributed by atoms with Gasteiger partial charge in [-0.25, -0.2) is 0 Å². The van der Waals surface area contributed by atoms with Crippen molar-refractivity contribution in [3.05, 3.63) is 29.8 Å². The van der Waals surface area contributed by atoms with Crippen molar-refractivity contribution in [3.8, 4) is 5.75 Å². The second-order valence-corrected chi connectivity index (χ2v) is 5.75. The number of amides is 1. The van der Waals surface area contributed by atoms with E-state index in [1.165, 1.54) is 18.2 Å². The predicted molar refractivity (Wildman–Crippen MR) is 87.1 cm³/mol. The summed E-state index contributed by atoms with van der Waals surface area (Å²) < 4.78 is 43.5. The minimum absolute atomic E-state index is 0. The van der Waals surface area contributed by atoms with Crippen LogP contribution in [-0.4, -0.2) is 25.1 Å². The third kappa shape index (κ3) is 5.87. The summed E-state index contributed by atoms with van der Waals surface area (Å²) in [6.07, 6.45) is -1.17. The van der Waals surface area contributed by atoms with Crippen LogP contribution in [0.15, 0.2) is 24.3 Å². The van der Waals surface area contributed by atoms with E-state index in [2.05, 4.69) is 5.32 Å². The summed E-state index contributed by atoms with van der Waals surface area (Å²) in [5, 5.41) is 2.66. The second kappa shape index (κ2) is 9.13. The fourth-order valence-electron chi connectivity index (χ4n) is 2.81. The van der Waals surface area contributed by atoms with Crippen LogP contribution in [-0.2, 0) is 11.0 Å². The van der Waals surface area contributed by atoms with Gasteiger partial charge in [-0.05, 0) is 30.9 Å². The lowest BCUT2D eigenvalue weighted by atomic mass is 10.00. The van der Waals surface area contributed by atoms with Crippen LogP contribution in [0.5, 0.6) is 5.75 Å². The zero-order chi connectivity index (χ0) is 16.9. The topological polar surface area (TPSA) is 64.4 Å². The van der Waals surface area contributed by atoms with Crippen molar-refractivity contribution in [1.29, 1.82) is 0 Å². The third-order valence-corrected chi connectivity index (χ3v) is 4.04. The highest BCUT2D eigenvalue weighted by atomic mass is 35.5. The molecule has 1 aliphatic carbocycles. The van der Waals surface area contributed by atoms with E-state index in [0.717, 1.165) is 25.3 Å². The average molecular weight is 367 g/mol. The molecule has 0 bridgehead atoms. The van der Waals surface area contributed by atoms with Gasteiger partial charge in [0, 0.05) is 12.5 Å². The number of alkyl halides is 3. The van der Waals surface area contributed by atoms with E-state index in [1.54, 1.807) is 0 Å². The molecule has 2 atom stereocenters. The number of halogens is 4. The predicted octanol–water partition coefficient (Wildman–Crippen LogP) is 3.14. The van der Waals surface area contributed by atoms with Gasteiger partial charge in [0.15, 0.2) is 0 Å². The minimum Gasteiger partial charge on any atom is -0.491 e. The maximum Gasteiger partial charge on any atom is 0.419 e. The van der Waals surface area contributed by atoms with Gasteiger partial charge in [0.1, 0.15) is 12.4 Å². The van der Waals surface area contributed by atoms with Crippen molar-refractivity contribution in [2.24, 2.45) is 11.7 Å². The molecule has 3 N–H and O–H groups in total. The Morgan fingerprint density at radius 3 is 2.62 bits per heavy atom. The first-order valence-electron chi connectivity index (χ1n) is 7.69. The molecule has 136 valence electrons. The number of nitrogens with two attached hydrogens (primary N) is 1. The number of carbonyl (C=O) groups excluding carboxylic acids is 1. The zero-order valence-corrected chi connectivity index (χ0v) is 14.0. The largest absolute Gasteiger partial charge is 0.491 e. The van der Waals surface area contributed by atoms with Gasteiger partial charge in [-0.3, -0.25) is 4.79 Å². The quantitative estimate of drug-likeness (QED) is 0.760. The Bertz CT molecular complexity index is 540. The molecule has 1 fully saturated rings. The molecule has 0 unspecified atom stereocenters. The summed E-state index contributed by atoms with van der Waals surface area (Å²) in [5.74, 6) is -0.172. The van der Waals surface area contributed by atoms with Crippen LogP contribution in [0.1, 0.15) is 31.2 Å². The van der Waals surface area contributed by atoms with Crippen LogP contribution in [0.3, 0.4) is 0 Å². The fraction of sp³-hybridized carbons (Fsp3) is 0.562. The number of para-hydroxylation sites is 1. The molecular formula is C16H22ClF3N2O2. The molecule has 1 aromatic rings. The molecule has 1 saturated carbocycles. The average Bonchev–Trinajstić information content (AvgIpc) is 2.88. The van der Waals surface area contributed by atoms with Gasteiger partial charge in [0.25, 0.3) is 0 Å². The van der Waals surface area contributed by atoms with Gasteiger partial charge in [0.2, 0.25) is 5.91 Å². The van der Waals surface area contributed by atoms with E-state index in [1.807, 2.05) is 0 Å². The van der Waals surface area contributed by atoms with Gasteiger partial charge in [-0.1, -0.05) is 18.6 Å². The maximum absolute atomic E-state index is 12.8. The summed E-state index contributed by atoms with van der Waals surface area (Å²) >= 11 is 0. The highest BCUT2D eigenvalue weighted by molar-refractivity contribution is 5.85. The summed E-state index contributed by atoms with van der Waals surface area (Å²) in [6, 6.07) is 5.08. The SMILES string of the molecule is Cl.N[C@@H]1CCC[C@H]1CC(=O)NCCOc1ccccc1C(F)(F)F. The Hall–Kier alpha value is -1.47. The van der Waals surface area contributed by atoms with Crippen LogP contribution in [0.25, 0.3) is 0 Å². The lowest BCUT2D eigenvalue weighted by molar-refractivity contribution is -0.139. The first-order valence-corrected chi connectivity index (χ1v) is 7.69. The Labute approximate surface area is 145 Å². The molecule has 0 spiro atoms. The highest BCUT2D eigenvalue weighted by Gasteiger charge is 2.34. The van der Waals surface area contributed by atoms with Crippen molar-refractivity contribution < 1.29 is 22.7 Å². The standard InChI is InChI=1S/C16H21F3N2O2.ClH/c17-16(18,19)12-5-1-2-7-14(12)23-9-8-21-15(22)10-11-4-3-6-13(11)20;/h1-2,5,7,11,13H,3-4,6,8-10,20H2,(H,21,22);1H/t11-,13+;/m0./s1. The van der Waals surface area contributed by atoms with Crippen molar-refractivity contribution in [2.45, 2.75) is 37.9 Å². The van der Waals surface area contributed by atoms with E-state index in [4.69, 9.17) is 10.5 Å². The van der Waals surface area contributed by atoms with Crippen LogP contribution in [0.2, 0.25) is 0 Å². The summed E-state index contributed by atoms with van der Waals surface area (Å²) in [6.45, 7) is 0.141. The van der Waals surface area contributed by atoms with Crippen LogP contribution in [0, 0.1) is 5.92 Å². The molecule has 1 amide bonds. The Morgan fingerprint density at radius 1 is 1.29 bits per heavy atom. The van der Waals surface area contributed by atoms with Gasteiger partial charge >= 0.3 is 6.18 Å². The number of rotatable bonds is 6. The van der Waals surface area contributed by atoms with E-state index in [-0.39, 0.29) is 49.2 Å². The number of hydrogen-bond acceptors (Lipinski definition) is 3. The Balaban J connectivity index is 0.00000288. The number of hydrogen-bond donors (Lipinski definition) is 2. The van der Waals surface area contributed by atoms with E-state index in [0.29, 0.717) is 6.42 Å². The number of carbonyl (C=O) groups is 1. The number of nitrogens with one attached hydrogen (secondary N) is 1. The van der Waals surface area contributed by atoms with E-state index >= 15 is 0 Å².